The molecule has 1 amide bonds. The molecule has 0 radical (unpaired) electrons. The standard InChI is InChI=1S/C17H22N4O2S/c1-21-8-13(7-18-21)15-9-24-17(19-15)20-16(23)12-3-10-2-11(4-12)6-14(22)5-10/h7-12,14,22H,2-6H2,1H3,(H,19,20,23)/t10-,11+,12?,14?. The second kappa shape index (κ2) is 6.29. The van der Waals surface area contributed by atoms with Gasteiger partial charge in [-0.25, -0.2) is 4.98 Å². The van der Waals surface area contributed by atoms with Gasteiger partial charge in [-0.2, -0.15) is 5.10 Å². The number of aliphatic hydroxyl groups excluding tert-OH is 1. The highest BCUT2D eigenvalue weighted by molar-refractivity contribution is 7.14. The highest BCUT2D eigenvalue weighted by Gasteiger charge is 2.38. The summed E-state index contributed by atoms with van der Waals surface area (Å²) in [5.74, 6) is 1.11. The minimum atomic E-state index is -0.168. The molecule has 2 fully saturated rings. The lowest BCUT2D eigenvalue weighted by molar-refractivity contribution is -0.123. The number of aromatic nitrogens is 3. The normalized spacial score (nSPS) is 29.4. The van der Waals surface area contributed by atoms with Crippen molar-refractivity contribution in [3.8, 4) is 11.3 Å². The summed E-state index contributed by atoms with van der Waals surface area (Å²) in [6.45, 7) is 0. The summed E-state index contributed by atoms with van der Waals surface area (Å²) in [6.07, 6.45) is 8.16. The number of rotatable bonds is 3. The van der Waals surface area contributed by atoms with E-state index < -0.39 is 0 Å². The van der Waals surface area contributed by atoms with E-state index in [0.29, 0.717) is 17.0 Å². The molecule has 2 N–H and O–H groups in total. The molecule has 2 aromatic rings. The smallest absolute Gasteiger partial charge is 0.229 e. The van der Waals surface area contributed by atoms with E-state index in [4.69, 9.17) is 0 Å². The SMILES string of the molecule is Cn1cc(-c2csc(NC(=O)C3C[C@H]4CC(O)C[C@@H](C3)C4)n2)cn1. The van der Waals surface area contributed by atoms with Crippen molar-refractivity contribution in [2.45, 2.75) is 38.2 Å². The number of hydrogen-bond acceptors (Lipinski definition) is 5. The highest BCUT2D eigenvalue weighted by Crippen LogP contribution is 2.43. The number of carbonyl (C=O) groups excluding carboxylic acids is 1. The Balaban J connectivity index is 1.41. The third-order valence-corrected chi connectivity index (χ3v) is 5.98. The molecule has 4 rings (SSSR count). The monoisotopic (exact) mass is 346 g/mol. The zero-order valence-corrected chi connectivity index (χ0v) is 14.5. The number of carbonyl (C=O) groups is 1. The molecule has 7 heteroatoms. The number of anilines is 1. The second-order valence-electron chi connectivity index (χ2n) is 7.19. The summed E-state index contributed by atoms with van der Waals surface area (Å²) in [7, 11) is 1.87. The molecule has 2 saturated carbocycles. The van der Waals surface area contributed by atoms with Crippen LogP contribution in [-0.4, -0.2) is 31.9 Å². The second-order valence-corrected chi connectivity index (χ2v) is 8.05. The predicted molar refractivity (Wildman–Crippen MR) is 92.5 cm³/mol. The maximum absolute atomic E-state index is 12.6. The van der Waals surface area contributed by atoms with Crippen molar-refractivity contribution < 1.29 is 9.90 Å². The van der Waals surface area contributed by atoms with Gasteiger partial charge in [0.15, 0.2) is 5.13 Å². The van der Waals surface area contributed by atoms with E-state index in [1.807, 2.05) is 18.6 Å². The number of nitrogens with zero attached hydrogens (tertiary/aromatic N) is 3. The molecule has 6 nitrogen and oxygen atoms in total. The summed E-state index contributed by atoms with van der Waals surface area (Å²) in [6, 6.07) is 0. The molecule has 0 aromatic carbocycles. The minimum Gasteiger partial charge on any atom is -0.393 e. The molecular formula is C17H22N4O2S. The third kappa shape index (κ3) is 3.23. The van der Waals surface area contributed by atoms with Crippen LogP contribution in [0.5, 0.6) is 0 Å². The number of nitrogens with one attached hydrogen (secondary N) is 1. The van der Waals surface area contributed by atoms with Crippen LogP contribution in [0.25, 0.3) is 11.3 Å². The molecule has 2 aliphatic rings. The van der Waals surface area contributed by atoms with Gasteiger partial charge in [0.2, 0.25) is 5.91 Å². The van der Waals surface area contributed by atoms with Crippen LogP contribution in [0.2, 0.25) is 0 Å². The average Bonchev–Trinajstić information content (AvgIpc) is 3.15. The first-order valence-corrected chi connectivity index (χ1v) is 9.38. The van der Waals surface area contributed by atoms with Crippen LogP contribution in [0.15, 0.2) is 17.8 Å². The largest absolute Gasteiger partial charge is 0.393 e. The molecule has 24 heavy (non-hydrogen) atoms. The molecule has 0 saturated heterocycles. The van der Waals surface area contributed by atoms with Gasteiger partial charge in [0.1, 0.15) is 0 Å². The van der Waals surface area contributed by atoms with E-state index in [1.54, 1.807) is 10.9 Å². The Morgan fingerprint density at radius 3 is 2.71 bits per heavy atom. The van der Waals surface area contributed by atoms with Gasteiger partial charge in [0.05, 0.1) is 18.0 Å². The van der Waals surface area contributed by atoms with Crippen molar-refractivity contribution in [3.05, 3.63) is 17.8 Å². The summed E-state index contributed by atoms with van der Waals surface area (Å²) >= 11 is 1.45. The Morgan fingerprint density at radius 2 is 2.04 bits per heavy atom. The van der Waals surface area contributed by atoms with E-state index in [-0.39, 0.29) is 17.9 Å². The molecule has 2 bridgehead atoms. The van der Waals surface area contributed by atoms with Gasteiger partial charge in [-0.3, -0.25) is 9.48 Å². The van der Waals surface area contributed by atoms with Crippen LogP contribution in [0.1, 0.15) is 32.1 Å². The van der Waals surface area contributed by atoms with Gasteiger partial charge in [-0.1, -0.05) is 0 Å². The first-order chi connectivity index (χ1) is 11.6. The summed E-state index contributed by atoms with van der Waals surface area (Å²) < 4.78 is 1.74. The van der Waals surface area contributed by atoms with E-state index in [1.165, 1.54) is 17.8 Å². The molecule has 2 heterocycles. The Bertz CT molecular complexity index is 723. The summed E-state index contributed by atoms with van der Waals surface area (Å²) in [4.78, 5) is 17.1. The fourth-order valence-corrected chi connectivity index (χ4v) is 4.98. The van der Waals surface area contributed by atoms with E-state index >= 15 is 0 Å². The first kappa shape index (κ1) is 15.8. The number of hydrogen-bond donors (Lipinski definition) is 2. The molecule has 4 atom stereocenters. The lowest BCUT2D eigenvalue weighted by Gasteiger charge is -2.40. The van der Waals surface area contributed by atoms with Gasteiger partial charge < -0.3 is 10.4 Å². The predicted octanol–water partition coefficient (Wildman–Crippen LogP) is 2.67. The van der Waals surface area contributed by atoms with Crippen LogP contribution in [-0.2, 0) is 11.8 Å². The van der Waals surface area contributed by atoms with Crippen LogP contribution < -0.4 is 5.32 Å². The van der Waals surface area contributed by atoms with Crippen LogP contribution in [0.4, 0.5) is 5.13 Å². The van der Waals surface area contributed by atoms with Gasteiger partial charge in [0.25, 0.3) is 0 Å². The Kier molecular flexibility index (Phi) is 4.14. The van der Waals surface area contributed by atoms with E-state index in [2.05, 4.69) is 15.4 Å². The van der Waals surface area contributed by atoms with Crippen molar-refractivity contribution in [1.29, 1.82) is 0 Å². The number of amides is 1. The first-order valence-electron chi connectivity index (χ1n) is 8.50. The average molecular weight is 346 g/mol. The quantitative estimate of drug-likeness (QED) is 0.895. The van der Waals surface area contributed by atoms with Gasteiger partial charge in [0, 0.05) is 30.1 Å². The zero-order chi connectivity index (χ0) is 16.7. The molecule has 128 valence electrons. The molecule has 0 aliphatic heterocycles. The van der Waals surface area contributed by atoms with Gasteiger partial charge in [-0.05, 0) is 43.9 Å². The maximum Gasteiger partial charge on any atom is 0.229 e. The fraction of sp³-hybridized carbons (Fsp3) is 0.588. The van der Waals surface area contributed by atoms with Crippen molar-refractivity contribution >= 4 is 22.4 Å². The van der Waals surface area contributed by atoms with Crippen LogP contribution in [0, 0.1) is 17.8 Å². The lowest BCUT2D eigenvalue weighted by atomic mass is 9.67. The van der Waals surface area contributed by atoms with Crippen molar-refractivity contribution in [2.75, 3.05) is 5.32 Å². The Morgan fingerprint density at radius 1 is 1.29 bits per heavy atom. The molecule has 0 spiro atoms. The number of fused-ring (bicyclic) bond motifs is 2. The summed E-state index contributed by atoms with van der Waals surface area (Å²) in [5.41, 5.74) is 1.79. The van der Waals surface area contributed by atoms with Gasteiger partial charge >= 0.3 is 0 Å². The number of thiazole rings is 1. The third-order valence-electron chi connectivity index (χ3n) is 5.22. The van der Waals surface area contributed by atoms with Crippen molar-refractivity contribution in [3.63, 3.8) is 0 Å². The molecule has 2 aliphatic carbocycles. The van der Waals surface area contributed by atoms with Crippen molar-refractivity contribution in [1.82, 2.24) is 14.8 Å². The van der Waals surface area contributed by atoms with Crippen LogP contribution >= 0.6 is 11.3 Å². The minimum absolute atomic E-state index is 0.0481. The van der Waals surface area contributed by atoms with E-state index in [9.17, 15) is 9.90 Å². The Labute approximate surface area is 144 Å². The molecular weight excluding hydrogens is 324 g/mol. The Hall–Kier alpha value is -1.73. The lowest BCUT2D eigenvalue weighted by Crippen LogP contribution is -2.37. The summed E-state index contributed by atoms with van der Waals surface area (Å²) in [5, 5.41) is 19.6. The number of aliphatic hydroxyl groups is 1. The van der Waals surface area contributed by atoms with Crippen LogP contribution in [0.3, 0.4) is 0 Å². The highest BCUT2D eigenvalue weighted by atomic mass is 32.1. The topological polar surface area (TPSA) is 80.0 Å². The molecule has 2 unspecified atom stereocenters. The zero-order valence-electron chi connectivity index (χ0n) is 13.7. The van der Waals surface area contributed by atoms with Gasteiger partial charge in [-0.15, -0.1) is 11.3 Å². The number of aryl methyl sites for hydroxylation is 1. The fourth-order valence-electron chi connectivity index (χ4n) is 4.25. The van der Waals surface area contributed by atoms with E-state index in [0.717, 1.165) is 36.9 Å². The maximum atomic E-state index is 12.6. The molecule has 2 aromatic heterocycles. The van der Waals surface area contributed by atoms with Crippen molar-refractivity contribution in [2.24, 2.45) is 24.8 Å².